The number of piperazine rings is 1. The number of nitrogens with zero attached hydrogens (tertiary/aromatic N) is 3. The van der Waals surface area contributed by atoms with Gasteiger partial charge in [0.25, 0.3) is 0 Å². The maximum absolute atomic E-state index is 13.2. The van der Waals surface area contributed by atoms with E-state index >= 15 is 0 Å². The number of hydrogen-bond donors (Lipinski definition) is 3. The molecule has 0 bridgehead atoms. The first kappa shape index (κ1) is 34.2. The molecule has 0 unspecified atom stereocenters. The van der Waals surface area contributed by atoms with Crippen LogP contribution in [0, 0.1) is 27.7 Å². The van der Waals surface area contributed by atoms with Gasteiger partial charge >= 0.3 is 0 Å². The van der Waals surface area contributed by atoms with Crippen molar-refractivity contribution < 1.29 is 14.0 Å². The SMILES string of the molecule is Cc1cc(N2CCn3ccc(-c4ccc(CC(=O)Nc5c(C)cc(N6CCNCC6)cc5C)cc4)c3C2)cc(C)c1NC(=O)CCc1ccco1. The van der Waals surface area contributed by atoms with Crippen LogP contribution >= 0.6 is 0 Å². The summed E-state index contributed by atoms with van der Waals surface area (Å²) in [5, 5.41) is 9.73. The minimum atomic E-state index is -0.0150. The molecule has 7 rings (SSSR count). The van der Waals surface area contributed by atoms with Crippen LogP contribution in [0.15, 0.2) is 83.6 Å². The lowest BCUT2D eigenvalue weighted by atomic mass is 10.0. The van der Waals surface area contributed by atoms with E-state index < -0.39 is 0 Å². The lowest BCUT2D eigenvalue weighted by Crippen LogP contribution is -2.43. The molecule has 0 atom stereocenters. The van der Waals surface area contributed by atoms with E-state index in [0.29, 0.717) is 19.3 Å². The Morgan fingerprint density at radius 3 is 2.00 bits per heavy atom. The molecule has 0 saturated carbocycles. The third-order valence-electron chi connectivity index (χ3n) is 10.2. The fraction of sp³-hybridized carbons (Fsp3) is 0.333. The quantitative estimate of drug-likeness (QED) is 0.145. The van der Waals surface area contributed by atoms with Crippen molar-refractivity contribution in [3.05, 3.63) is 118 Å². The second-order valence-electron chi connectivity index (χ2n) is 14.0. The molecule has 1 fully saturated rings. The number of anilines is 4. The predicted octanol–water partition coefficient (Wildman–Crippen LogP) is 7.16. The summed E-state index contributed by atoms with van der Waals surface area (Å²) in [4.78, 5) is 30.7. The van der Waals surface area contributed by atoms with E-state index in [2.05, 4.69) is 119 Å². The molecule has 2 amide bonds. The number of benzene rings is 3. The van der Waals surface area contributed by atoms with Crippen molar-refractivity contribution in [3.8, 4) is 11.1 Å². The van der Waals surface area contributed by atoms with Crippen molar-refractivity contribution in [1.29, 1.82) is 0 Å². The summed E-state index contributed by atoms with van der Waals surface area (Å²) in [6.07, 6.45) is 5.09. The number of rotatable bonds is 10. The molecule has 9 heteroatoms. The lowest BCUT2D eigenvalue weighted by molar-refractivity contribution is -0.116. The van der Waals surface area contributed by atoms with Crippen LogP contribution in [0.1, 0.15) is 45.7 Å². The van der Waals surface area contributed by atoms with Gasteiger partial charge in [0.15, 0.2) is 0 Å². The zero-order chi connectivity index (χ0) is 35.5. The smallest absolute Gasteiger partial charge is 0.228 e. The van der Waals surface area contributed by atoms with E-state index in [1.54, 1.807) is 6.26 Å². The third kappa shape index (κ3) is 7.73. The third-order valence-corrected chi connectivity index (χ3v) is 10.2. The van der Waals surface area contributed by atoms with Crippen molar-refractivity contribution in [3.63, 3.8) is 0 Å². The van der Waals surface area contributed by atoms with Crippen LogP contribution in [0.2, 0.25) is 0 Å². The molecule has 0 radical (unpaired) electrons. The molecule has 4 heterocycles. The molecule has 2 aromatic heterocycles. The molecule has 5 aromatic rings. The molecular formula is C42H48N6O3. The number of hydrogen-bond acceptors (Lipinski definition) is 6. The van der Waals surface area contributed by atoms with E-state index in [4.69, 9.17) is 4.42 Å². The fourth-order valence-electron chi connectivity index (χ4n) is 7.49. The average Bonchev–Trinajstić information content (AvgIpc) is 3.81. The lowest BCUT2D eigenvalue weighted by Gasteiger charge is -2.32. The highest BCUT2D eigenvalue weighted by Crippen LogP contribution is 2.34. The van der Waals surface area contributed by atoms with Crippen molar-refractivity contribution in [2.24, 2.45) is 0 Å². The van der Waals surface area contributed by atoms with E-state index in [-0.39, 0.29) is 11.8 Å². The Balaban J connectivity index is 0.985. The normalized spacial score (nSPS) is 14.4. The zero-order valence-corrected chi connectivity index (χ0v) is 30.1. The summed E-state index contributed by atoms with van der Waals surface area (Å²) in [6.45, 7) is 14.8. The maximum Gasteiger partial charge on any atom is 0.228 e. The fourth-order valence-corrected chi connectivity index (χ4v) is 7.49. The number of aromatic nitrogens is 1. The Labute approximate surface area is 300 Å². The van der Waals surface area contributed by atoms with Gasteiger partial charge < -0.3 is 34.7 Å². The van der Waals surface area contributed by atoms with Gasteiger partial charge in [-0.15, -0.1) is 0 Å². The van der Waals surface area contributed by atoms with Gasteiger partial charge in [-0.2, -0.15) is 0 Å². The highest BCUT2D eigenvalue weighted by Gasteiger charge is 2.22. The van der Waals surface area contributed by atoms with Crippen LogP contribution in [0.5, 0.6) is 0 Å². The molecule has 2 aliphatic rings. The molecule has 3 N–H and O–H groups in total. The molecule has 0 aliphatic carbocycles. The van der Waals surface area contributed by atoms with Crippen LogP contribution in [-0.4, -0.2) is 49.1 Å². The maximum atomic E-state index is 13.2. The van der Waals surface area contributed by atoms with Gasteiger partial charge in [0.05, 0.1) is 19.2 Å². The first-order valence-electron chi connectivity index (χ1n) is 18.0. The monoisotopic (exact) mass is 684 g/mol. The predicted molar refractivity (Wildman–Crippen MR) is 206 cm³/mol. The minimum absolute atomic E-state index is 0.00851. The summed E-state index contributed by atoms with van der Waals surface area (Å²) in [6, 6.07) is 23.1. The van der Waals surface area contributed by atoms with Gasteiger partial charge in [0, 0.05) is 92.3 Å². The highest BCUT2D eigenvalue weighted by atomic mass is 16.3. The van der Waals surface area contributed by atoms with Crippen molar-refractivity contribution in [1.82, 2.24) is 9.88 Å². The second-order valence-corrected chi connectivity index (χ2v) is 14.0. The van der Waals surface area contributed by atoms with Crippen molar-refractivity contribution >= 4 is 34.6 Å². The van der Waals surface area contributed by atoms with Gasteiger partial charge in [0.1, 0.15) is 5.76 Å². The summed E-state index contributed by atoms with van der Waals surface area (Å²) < 4.78 is 7.72. The Kier molecular flexibility index (Phi) is 9.99. The molecule has 2 aliphatic heterocycles. The van der Waals surface area contributed by atoms with Crippen LogP contribution < -0.4 is 25.8 Å². The first-order chi connectivity index (χ1) is 24.7. The first-order valence-corrected chi connectivity index (χ1v) is 18.0. The summed E-state index contributed by atoms with van der Waals surface area (Å²) in [7, 11) is 0. The number of nitrogens with one attached hydrogen (secondary N) is 3. The zero-order valence-electron chi connectivity index (χ0n) is 30.1. The molecule has 9 nitrogen and oxygen atoms in total. The molecular weight excluding hydrogens is 637 g/mol. The number of aryl methyl sites for hydroxylation is 5. The molecule has 1 saturated heterocycles. The number of furan rings is 1. The number of carbonyl (C=O) groups excluding carboxylic acids is 2. The van der Waals surface area contributed by atoms with Crippen LogP contribution in [0.25, 0.3) is 11.1 Å². The average molecular weight is 685 g/mol. The van der Waals surface area contributed by atoms with Gasteiger partial charge in [-0.1, -0.05) is 24.3 Å². The topological polar surface area (TPSA) is 94.8 Å². The van der Waals surface area contributed by atoms with E-state index in [1.165, 1.54) is 16.9 Å². The van der Waals surface area contributed by atoms with Crippen molar-refractivity contribution in [2.75, 3.05) is 53.2 Å². The molecule has 264 valence electrons. The van der Waals surface area contributed by atoms with Gasteiger partial charge in [-0.3, -0.25) is 9.59 Å². The van der Waals surface area contributed by atoms with Gasteiger partial charge in [-0.05, 0) is 104 Å². The Morgan fingerprint density at radius 2 is 1.37 bits per heavy atom. The van der Waals surface area contributed by atoms with Crippen LogP contribution in [0.4, 0.5) is 22.7 Å². The highest BCUT2D eigenvalue weighted by molar-refractivity contribution is 5.94. The minimum Gasteiger partial charge on any atom is -0.469 e. The van der Waals surface area contributed by atoms with Crippen LogP contribution in [-0.2, 0) is 35.5 Å². The van der Waals surface area contributed by atoms with E-state index in [0.717, 1.165) is 102 Å². The largest absolute Gasteiger partial charge is 0.469 e. The van der Waals surface area contributed by atoms with E-state index in [1.807, 2.05) is 12.1 Å². The Morgan fingerprint density at radius 1 is 0.745 bits per heavy atom. The second kappa shape index (κ2) is 14.9. The summed E-state index contributed by atoms with van der Waals surface area (Å²) in [5.74, 6) is 0.792. The van der Waals surface area contributed by atoms with Gasteiger partial charge in [0.2, 0.25) is 11.8 Å². The number of amides is 2. The Bertz CT molecular complexity index is 1980. The van der Waals surface area contributed by atoms with Crippen molar-refractivity contribution in [2.45, 2.75) is 60.0 Å². The van der Waals surface area contributed by atoms with Gasteiger partial charge in [-0.25, -0.2) is 0 Å². The standard InChI is InChI=1S/C42H48N6O3/c1-28-22-34(46-17-14-43-15-18-46)23-29(2)42(28)45-40(50)26-32-7-9-33(10-8-32)37-13-16-47-19-20-48(27-38(37)47)35-24-30(3)41(31(4)25-35)44-39(49)12-11-36-6-5-21-51-36/h5-10,13,16,21-25,43H,11-12,14-15,17-20,26-27H2,1-4H3,(H,44,49)(H,45,50). The molecule has 3 aromatic carbocycles. The summed E-state index contributed by atoms with van der Waals surface area (Å²) in [5.41, 5.74) is 13.0. The number of carbonyl (C=O) groups is 2. The Hall–Kier alpha value is -5.28. The molecule has 0 spiro atoms. The van der Waals surface area contributed by atoms with Crippen LogP contribution in [0.3, 0.4) is 0 Å². The number of fused-ring (bicyclic) bond motifs is 1. The van der Waals surface area contributed by atoms with E-state index in [9.17, 15) is 9.59 Å². The summed E-state index contributed by atoms with van der Waals surface area (Å²) >= 11 is 0. The molecule has 51 heavy (non-hydrogen) atoms.